The molecule has 7 nitrogen and oxygen atoms in total. The minimum atomic E-state index is -1.07. The number of hydrogen-bond acceptors (Lipinski definition) is 7. The van der Waals surface area contributed by atoms with Crippen LogP contribution in [-0.4, -0.2) is 39.1 Å². The number of aryl methyl sites for hydroxylation is 1. The number of nitrogens with two attached hydrogens (primary N) is 1. The van der Waals surface area contributed by atoms with E-state index in [1.165, 1.54) is 5.56 Å². The number of nitrogens with zero attached hydrogens (tertiary/aromatic N) is 3. The maximum Gasteiger partial charge on any atom is 0.282 e. The fourth-order valence-corrected chi connectivity index (χ4v) is 2.73. The van der Waals surface area contributed by atoms with Crippen molar-refractivity contribution in [2.75, 3.05) is 18.2 Å². The van der Waals surface area contributed by atoms with Gasteiger partial charge in [-0.1, -0.05) is 12.1 Å². The summed E-state index contributed by atoms with van der Waals surface area (Å²) in [6.45, 7) is 0.571. The minimum absolute atomic E-state index is 0.152. The maximum absolute atomic E-state index is 11.3. The summed E-state index contributed by atoms with van der Waals surface area (Å²) in [7, 11) is -1.07. The molecule has 126 valence electrons. The molecule has 0 aliphatic carbocycles. The first-order chi connectivity index (χ1) is 11.6. The van der Waals surface area contributed by atoms with Crippen LogP contribution in [0.2, 0.25) is 0 Å². The van der Waals surface area contributed by atoms with E-state index in [2.05, 4.69) is 32.4 Å². The van der Waals surface area contributed by atoms with Gasteiger partial charge in [0.05, 0.1) is 21.7 Å². The van der Waals surface area contributed by atoms with Crippen molar-refractivity contribution in [3.05, 3.63) is 42.2 Å². The summed E-state index contributed by atoms with van der Waals surface area (Å²) < 4.78 is 16.5. The van der Waals surface area contributed by atoms with Crippen molar-refractivity contribution in [3.63, 3.8) is 0 Å². The largest absolute Gasteiger partial charge is 0.463 e. The van der Waals surface area contributed by atoms with Gasteiger partial charge in [0.25, 0.3) is 6.02 Å². The molecular weight excluding hydrogens is 326 g/mol. The Bertz CT molecular complexity index is 746. The molecule has 0 saturated heterocycles. The molecule has 1 aromatic heterocycles. The van der Waals surface area contributed by atoms with E-state index < -0.39 is 10.8 Å². The van der Waals surface area contributed by atoms with Crippen molar-refractivity contribution in [3.8, 4) is 0 Å². The van der Waals surface area contributed by atoms with Crippen molar-refractivity contribution in [1.82, 2.24) is 9.97 Å². The molecular formula is C16H19N5O2S. The second-order valence-corrected chi connectivity index (χ2v) is 6.87. The molecule has 2 unspecified atom stereocenters. The quantitative estimate of drug-likeness (QED) is 0.824. The fourth-order valence-electron chi connectivity index (χ4n) is 2.33. The first-order valence-corrected chi connectivity index (χ1v) is 9.13. The summed E-state index contributed by atoms with van der Waals surface area (Å²) in [5.41, 5.74) is 7.62. The molecule has 0 saturated carbocycles. The highest BCUT2D eigenvalue weighted by molar-refractivity contribution is 7.84. The van der Waals surface area contributed by atoms with Crippen LogP contribution in [0, 0.1) is 0 Å². The summed E-state index contributed by atoms with van der Waals surface area (Å²) in [5, 5.41) is 3.12. The van der Waals surface area contributed by atoms with Crippen LogP contribution in [0.25, 0.3) is 0 Å². The van der Waals surface area contributed by atoms with Crippen LogP contribution in [0.3, 0.4) is 0 Å². The van der Waals surface area contributed by atoms with E-state index in [9.17, 15) is 4.21 Å². The van der Waals surface area contributed by atoms with Crippen LogP contribution >= 0.6 is 0 Å². The Morgan fingerprint density at radius 1 is 1.29 bits per heavy atom. The third-order valence-electron chi connectivity index (χ3n) is 3.67. The van der Waals surface area contributed by atoms with Crippen LogP contribution in [0.1, 0.15) is 12.0 Å². The lowest BCUT2D eigenvalue weighted by atomic mass is 10.1. The predicted molar refractivity (Wildman–Crippen MR) is 93.8 cm³/mol. The van der Waals surface area contributed by atoms with Crippen molar-refractivity contribution >= 4 is 28.5 Å². The number of anilines is 2. The van der Waals surface area contributed by atoms with Gasteiger partial charge in [-0.05, 0) is 30.5 Å². The van der Waals surface area contributed by atoms with Crippen molar-refractivity contribution < 1.29 is 8.95 Å². The highest BCUT2D eigenvalue weighted by Crippen LogP contribution is 2.17. The SMILES string of the molecule is CS(=O)c1cnc(Nc2ccc(CCC3COC(N)=N3)cc2)nc1. The molecule has 8 heteroatoms. The third-order valence-corrected chi connectivity index (χ3v) is 4.54. The predicted octanol–water partition coefficient (Wildman–Crippen LogP) is 1.60. The van der Waals surface area contributed by atoms with Gasteiger partial charge in [0, 0.05) is 24.3 Å². The summed E-state index contributed by atoms with van der Waals surface area (Å²) >= 11 is 0. The Morgan fingerprint density at radius 3 is 2.58 bits per heavy atom. The van der Waals surface area contributed by atoms with Crippen LogP contribution in [0.5, 0.6) is 0 Å². The second kappa shape index (κ2) is 7.39. The van der Waals surface area contributed by atoms with E-state index in [-0.39, 0.29) is 12.1 Å². The Labute approximate surface area is 142 Å². The Hall–Kier alpha value is -2.48. The molecule has 2 atom stereocenters. The highest BCUT2D eigenvalue weighted by Gasteiger charge is 2.16. The summed E-state index contributed by atoms with van der Waals surface area (Å²) in [5.74, 6) is 0.477. The monoisotopic (exact) mass is 345 g/mol. The van der Waals surface area contributed by atoms with E-state index in [0.717, 1.165) is 18.5 Å². The lowest BCUT2D eigenvalue weighted by Gasteiger charge is -2.08. The number of ether oxygens (including phenoxy) is 1. The number of aromatic nitrogens is 2. The minimum Gasteiger partial charge on any atom is -0.463 e. The number of benzene rings is 1. The number of aliphatic imine (C=N–C) groups is 1. The van der Waals surface area contributed by atoms with Crippen molar-refractivity contribution in [2.45, 2.75) is 23.8 Å². The zero-order chi connectivity index (χ0) is 16.9. The molecule has 0 radical (unpaired) electrons. The summed E-state index contributed by atoms with van der Waals surface area (Å²) in [6, 6.07) is 8.51. The molecule has 0 fully saturated rings. The standard InChI is InChI=1S/C16H19N5O2S/c1-24(22)14-8-18-16(19-9-14)21-12-5-2-11(3-6-12)4-7-13-10-23-15(17)20-13/h2-3,5-6,8-9,13H,4,7,10H2,1H3,(H2,17,20)(H,18,19,21). The molecule has 1 aliphatic heterocycles. The third kappa shape index (κ3) is 4.29. The summed E-state index contributed by atoms with van der Waals surface area (Å²) in [4.78, 5) is 13.1. The molecule has 2 heterocycles. The normalized spacial score (nSPS) is 17.9. The highest BCUT2D eigenvalue weighted by atomic mass is 32.2. The molecule has 2 aromatic rings. The molecule has 0 spiro atoms. The van der Waals surface area contributed by atoms with E-state index >= 15 is 0 Å². The molecule has 0 amide bonds. The molecule has 1 aromatic carbocycles. The van der Waals surface area contributed by atoms with Gasteiger partial charge in [-0.3, -0.25) is 4.21 Å². The zero-order valence-electron chi connectivity index (χ0n) is 13.3. The lowest BCUT2D eigenvalue weighted by molar-refractivity contribution is 0.308. The van der Waals surface area contributed by atoms with E-state index in [1.807, 2.05) is 12.1 Å². The Balaban J connectivity index is 1.55. The molecule has 3 N–H and O–H groups in total. The van der Waals surface area contributed by atoms with Gasteiger partial charge in [0.2, 0.25) is 5.95 Å². The van der Waals surface area contributed by atoms with E-state index in [0.29, 0.717) is 17.5 Å². The van der Waals surface area contributed by atoms with Gasteiger partial charge in [-0.2, -0.15) is 0 Å². The first-order valence-electron chi connectivity index (χ1n) is 7.57. The average molecular weight is 345 g/mol. The van der Waals surface area contributed by atoms with Crippen molar-refractivity contribution in [2.24, 2.45) is 10.7 Å². The van der Waals surface area contributed by atoms with Gasteiger partial charge < -0.3 is 15.8 Å². The van der Waals surface area contributed by atoms with Gasteiger partial charge in [0.15, 0.2) is 0 Å². The van der Waals surface area contributed by atoms with Crippen LogP contribution < -0.4 is 11.1 Å². The topological polar surface area (TPSA) is 102 Å². The second-order valence-electron chi connectivity index (χ2n) is 5.49. The average Bonchev–Trinajstić information content (AvgIpc) is 3.00. The molecule has 0 bridgehead atoms. The number of rotatable bonds is 6. The Kier molecular flexibility index (Phi) is 5.05. The number of amidine groups is 1. The molecule has 1 aliphatic rings. The molecule has 3 rings (SSSR count). The number of hydrogen-bond donors (Lipinski definition) is 2. The van der Waals surface area contributed by atoms with Crippen molar-refractivity contribution in [1.29, 1.82) is 0 Å². The summed E-state index contributed by atoms with van der Waals surface area (Å²) in [6.07, 6.45) is 6.55. The maximum atomic E-state index is 11.3. The van der Waals surface area contributed by atoms with Gasteiger partial charge in [-0.15, -0.1) is 0 Å². The zero-order valence-corrected chi connectivity index (χ0v) is 14.1. The van der Waals surface area contributed by atoms with Crippen LogP contribution in [-0.2, 0) is 22.0 Å². The fraction of sp³-hybridized carbons (Fsp3) is 0.312. The van der Waals surface area contributed by atoms with E-state index in [4.69, 9.17) is 10.5 Å². The smallest absolute Gasteiger partial charge is 0.282 e. The molecule has 24 heavy (non-hydrogen) atoms. The van der Waals surface area contributed by atoms with Crippen LogP contribution in [0.15, 0.2) is 46.5 Å². The lowest BCUT2D eigenvalue weighted by Crippen LogP contribution is -2.10. The van der Waals surface area contributed by atoms with Gasteiger partial charge in [0.1, 0.15) is 6.61 Å². The van der Waals surface area contributed by atoms with Gasteiger partial charge in [-0.25, -0.2) is 15.0 Å². The first kappa shape index (κ1) is 16.4. The Morgan fingerprint density at radius 2 is 2.00 bits per heavy atom. The number of nitrogens with one attached hydrogen (secondary N) is 1. The van der Waals surface area contributed by atoms with Gasteiger partial charge >= 0.3 is 0 Å². The van der Waals surface area contributed by atoms with Crippen LogP contribution in [0.4, 0.5) is 11.6 Å². The van der Waals surface area contributed by atoms with E-state index in [1.54, 1.807) is 18.6 Å².